The zero-order valence-corrected chi connectivity index (χ0v) is 8.78. The van der Waals surface area contributed by atoms with Crippen LogP contribution in [0.2, 0.25) is 0 Å². The van der Waals surface area contributed by atoms with Gasteiger partial charge in [0.1, 0.15) is 16.8 Å². The minimum absolute atomic E-state index is 0.122. The average Bonchev–Trinajstić information content (AvgIpc) is 2.49. The van der Waals surface area contributed by atoms with E-state index in [-0.39, 0.29) is 6.10 Å². The van der Waals surface area contributed by atoms with Crippen molar-refractivity contribution in [3.63, 3.8) is 0 Å². The number of nitrogens with two attached hydrogens (primary N) is 1. The molecule has 13 heavy (non-hydrogen) atoms. The summed E-state index contributed by atoms with van der Waals surface area (Å²) in [5.74, 6) is -0.424. The van der Waals surface area contributed by atoms with Gasteiger partial charge < -0.3 is 15.3 Å². The Morgan fingerprint density at radius 1 is 2.00 bits per heavy atom. The highest BCUT2D eigenvalue weighted by Crippen LogP contribution is 2.18. The van der Waals surface area contributed by atoms with Crippen LogP contribution in [0.5, 0.6) is 0 Å². The quantitative estimate of drug-likeness (QED) is 0.735. The Morgan fingerprint density at radius 2 is 2.69 bits per heavy atom. The summed E-state index contributed by atoms with van der Waals surface area (Å²) in [6, 6.07) is -0.636. The molecule has 0 fully saturated rings. The molecular weight excluding hydrogens is 240 g/mol. The summed E-state index contributed by atoms with van der Waals surface area (Å²) in [7, 11) is 1.31. The van der Waals surface area contributed by atoms with Crippen molar-refractivity contribution in [2.24, 2.45) is 10.9 Å². The number of rotatable bonds is 3. The van der Waals surface area contributed by atoms with Crippen LogP contribution in [0.4, 0.5) is 0 Å². The van der Waals surface area contributed by atoms with Gasteiger partial charge in [-0.1, -0.05) is 5.16 Å². The molecule has 0 saturated heterocycles. The number of hydrogen-bond acceptors (Lipinski definition) is 5. The van der Waals surface area contributed by atoms with Crippen LogP contribution in [0.25, 0.3) is 0 Å². The number of methoxy groups -OCH3 is 1. The summed E-state index contributed by atoms with van der Waals surface area (Å²) >= 11 is 3.19. The van der Waals surface area contributed by atoms with E-state index in [2.05, 4.69) is 25.8 Å². The Hall–Kier alpha value is -0.620. The smallest absolute Gasteiger partial charge is 0.322 e. The van der Waals surface area contributed by atoms with Crippen molar-refractivity contribution in [1.29, 1.82) is 0 Å². The highest BCUT2D eigenvalue weighted by atomic mass is 79.9. The first kappa shape index (κ1) is 10.5. The summed E-state index contributed by atoms with van der Waals surface area (Å²) < 4.78 is 5.23. The normalized spacial score (nSPS) is 23.3. The molecule has 2 atom stereocenters. The summed E-state index contributed by atoms with van der Waals surface area (Å²) in [6.07, 6.45) is 0.958. The Morgan fingerprint density at radius 3 is 3.15 bits per heavy atom. The fourth-order valence-corrected chi connectivity index (χ4v) is 1.50. The van der Waals surface area contributed by atoms with E-state index in [1.54, 1.807) is 0 Å². The number of halogens is 1. The SMILES string of the molecule is COC(=O)[C@H](N)CC1CC(Br)=NO1. The predicted octanol–water partition coefficient (Wildman–Crippen LogP) is 0.374. The molecule has 1 unspecified atom stereocenters. The first-order chi connectivity index (χ1) is 6.13. The molecule has 0 aromatic rings. The molecule has 0 radical (unpaired) electrons. The van der Waals surface area contributed by atoms with Crippen LogP contribution >= 0.6 is 15.9 Å². The summed E-state index contributed by atoms with van der Waals surface area (Å²) in [4.78, 5) is 15.9. The summed E-state index contributed by atoms with van der Waals surface area (Å²) in [6.45, 7) is 0. The third kappa shape index (κ3) is 2.96. The lowest BCUT2D eigenvalue weighted by Gasteiger charge is -2.12. The number of oxime groups is 1. The molecular formula is C7H11BrN2O3. The largest absolute Gasteiger partial charge is 0.468 e. The van der Waals surface area contributed by atoms with Gasteiger partial charge >= 0.3 is 5.97 Å². The molecule has 0 aromatic heterocycles. The lowest BCUT2D eigenvalue weighted by molar-refractivity contribution is -0.143. The van der Waals surface area contributed by atoms with Gasteiger partial charge in [-0.3, -0.25) is 4.79 Å². The fourth-order valence-electron chi connectivity index (χ4n) is 1.05. The van der Waals surface area contributed by atoms with Crippen molar-refractivity contribution >= 4 is 26.5 Å². The lowest BCUT2D eigenvalue weighted by atomic mass is 10.1. The van der Waals surface area contributed by atoms with E-state index in [1.165, 1.54) is 7.11 Å². The summed E-state index contributed by atoms with van der Waals surface area (Å²) in [5, 5.41) is 3.68. The van der Waals surface area contributed by atoms with Gasteiger partial charge in [0.25, 0.3) is 0 Å². The molecule has 0 amide bonds. The Kier molecular flexibility index (Phi) is 3.68. The van der Waals surface area contributed by atoms with Gasteiger partial charge in [0.2, 0.25) is 0 Å². The number of hydrogen-bond donors (Lipinski definition) is 1. The molecule has 2 N–H and O–H groups in total. The highest BCUT2D eigenvalue weighted by molar-refractivity contribution is 9.18. The Bertz CT molecular complexity index is 232. The first-order valence-corrected chi connectivity index (χ1v) is 4.64. The van der Waals surface area contributed by atoms with E-state index >= 15 is 0 Å². The monoisotopic (exact) mass is 250 g/mol. The zero-order chi connectivity index (χ0) is 9.84. The van der Waals surface area contributed by atoms with Gasteiger partial charge in [0.05, 0.1) is 7.11 Å². The minimum Gasteiger partial charge on any atom is -0.468 e. The van der Waals surface area contributed by atoms with Crippen LogP contribution in [0, 0.1) is 0 Å². The standard InChI is InChI=1S/C7H11BrN2O3/c1-12-7(11)5(9)2-4-3-6(8)10-13-4/h4-5H,2-3,9H2,1H3/t4?,5-/m1/s1. The molecule has 0 spiro atoms. The molecule has 1 rings (SSSR count). The second-order valence-corrected chi connectivity index (χ2v) is 3.68. The van der Waals surface area contributed by atoms with E-state index in [4.69, 9.17) is 10.6 Å². The van der Waals surface area contributed by atoms with E-state index in [0.717, 1.165) is 4.62 Å². The maximum atomic E-state index is 10.9. The van der Waals surface area contributed by atoms with Gasteiger partial charge in [-0.15, -0.1) is 0 Å². The second-order valence-electron chi connectivity index (χ2n) is 2.76. The van der Waals surface area contributed by atoms with Crippen molar-refractivity contribution in [3.8, 4) is 0 Å². The summed E-state index contributed by atoms with van der Waals surface area (Å²) in [5.41, 5.74) is 5.53. The topological polar surface area (TPSA) is 73.9 Å². The van der Waals surface area contributed by atoms with Gasteiger partial charge in [-0.05, 0) is 15.9 Å². The highest BCUT2D eigenvalue weighted by Gasteiger charge is 2.25. The van der Waals surface area contributed by atoms with Crippen molar-refractivity contribution in [2.75, 3.05) is 7.11 Å². The minimum atomic E-state index is -0.636. The number of carbonyl (C=O) groups is 1. The average molecular weight is 251 g/mol. The molecule has 1 aliphatic heterocycles. The van der Waals surface area contributed by atoms with E-state index < -0.39 is 12.0 Å². The van der Waals surface area contributed by atoms with Crippen LogP contribution in [-0.2, 0) is 14.4 Å². The van der Waals surface area contributed by atoms with Crippen LogP contribution < -0.4 is 5.73 Å². The van der Waals surface area contributed by atoms with E-state index in [9.17, 15) is 4.79 Å². The molecule has 0 aliphatic carbocycles. The molecule has 74 valence electrons. The number of nitrogens with zero attached hydrogens (tertiary/aromatic N) is 1. The van der Waals surface area contributed by atoms with E-state index in [1.807, 2.05) is 0 Å². The predicted molar refractivity (Wildman–Crippen MR) is 50.5 cm³/mol. The van der Waals surface area contributed by atoms with Gasteiger partial charge in [-0.2, -0.15) is 0 Å². The van der Waals surface area contributed by atoms with E-state index in [0.29, 0.717) is 12.8 Å². The molecule has 0 saturated carbocycles. The number of carbonyl (C=O) groups excluding carboxylic acids is 1. The van der Waals surface area contributed by atoms with Crippen molar-refractivity contribution < 1.29 is 14.4 Å². The van der Waals surface area contributed by atoms with Crippen LogP contribution in [0.3, 0.4) is 0 Å². The third-order valence-corrected chi connectivity index (χ3v) is 2.19. The molecule has 1 heterocycles. The molecule has 6 heteroatoms. The molecule has 5 nitrogen and oxygen atoms in total. The molecule has 0 aromatic carbocycles. The lowest BCUT2D eigenvalue weighted by Crippen LogP contribution is -2.35. The van der Waals surface area contributed by atoms with Gasteiger partial charge in [0, 0.05) is 12.8 Å². The molecule has 0 bridgehead atoms. The Balaban J connectivity index is 2.30. The first-order valence-electron chi connectivity index (χ1n) is 3.85. The maximum Gasteiger partial charge on any atom is 0.322 e. The van der Waals surface area contributed by atoms with Crippen molar-refractivity contribution in [1.82, 2.24) is 0 Å². The zero-order valence-electron chi connectivity index (χ0n) is 7.20. The second kappa shape index (κ2) is 4.57. The third-order valence-electron chi connectivity index (χ3n) is 1.72. The number of esters is 1. The maximum absolute atomic E-state index is 10.9. The van der Waals surface area contributed by atoms with Gasteiger partial charge in [-0.25, -0.2) is 0 Å². The van der Waals surface area contributed by atoms with Crippen LogP contribution in [0.15, 0.2) is 5.16 Å². The molecule has 1 aliphatic rings. The van der Waals surface area contributed by atoms with Crippen molar-refractivity contribution in [3.05, 3.63) is 0 Å². The number of ether oxygens (including phenoxy) is 1. The Labute approximate surface area is 84.4 Å². The van der Waals surface area contributed by atoms with Crippen LogP contribution in [0.1, 0.15) is 12.8 Å². The fraction of sp³-hybridized carbons (Fsp3) is 0.714. The van der Waals surface area contributed by atoms with Crippen LogP contribution in [-0.4, -0.2) is 29.8 Å². The van der Waals surface area contributed by atoms with Gasteiger partial charge in [0.15, 0.2) is 0 Å². The van der Waals surface area contributed by atoms with Crippen molar-refractivity contribution in [2.45, 2.75) is 25.0 Å².